The summed E-state index contributed by atoms with van der Waals surface area (Å²) in [5.74, 6) is -0.0507. The van der Waals surface area contributed by atoms with Gasteiger partial charge in [0.15, 0.2) is 0 Å². The summed E-state index contributed by atoms with van der Waals surface area (Å²) >= 11 is 0. The molecule has 0 bridgehead atoms. The van der Waals surface area contributed by atoms with Gasteiger partial charge in [-0.25, -0.2) is 0 Å². The van der Waals surface area contributed by atoms with Crippen molar-refractivity contribution in [3.8, 4) is 0 Å². The quantitative estimate of drug-likeness (QED) is 0.773. The lowest BCUT2D eigenvalue weighted by Crippen LogP contribution is -2.41. The fourth-order valence-corrected chi connectivity index (χ4v) is 1.68. The van der Waals surface area contributed by atoms with Gasteiger partial charge in [0.25, 0.3) is 0 Å². The van der Waals surface area contributed by atoms with Crippen molar-refractivity contribution in [1.29, 1.82) is 0 Å². The first-order chi connectivity index (χ1) is 7.68. The van der Waals surface area contributed by atoms with Gasteiger partial charge in [-0.3, -0.25) is 9.69 Å². The number of benzene rings is 1. The van der Waals surface area contributed by atoms with Gasteiger partial charge >= 0.3 is 0 Å². The largest absolute Gasteiger partial charge is 0.308 e. The van der Waals surface area contributed by atoms with Crippen LogP contribution in [0.15, 0.2) is 48.7 Å². The molecule has 0 aromatic heterocycles. The highest BCUT2D eigenvalue weighted by molar-refractivity contribution is 5.82. The zero-order valence-electron chi connectivity index (χ0n) is 9.13. The lowest BCUT2D eigenvalue weighted by atomic mass is 10.0. The summed E-state index contributed by atoms with van der Waals surface area (Å²) in [6.07, 6.45) is 5.20. The Balaban J connectivity index is 2.33. The summed E-state index contributed by atoms with van der Waals surface area (Å²) in [5, 5.41) is 0. The van der Waals surface area contributed by atoms with E-state index in [0.29, 0.717) is 0 Å². The van der Waals surface area contributed by atoms with Crippen molar-refractivity contribution >= 4 is 11.5 Å². The van der Waals surface area contributed by atoms with E-state index in [-0.39, 0.29) is 12.1 Å². The monoisotopic (exact) mass is 214 g/mol. The Morgan fingerprint density at radius 2 is 2.00 bits per heavy atom. The molecule has 2 N–H and O–H groups in total. The van der Waals surface area contributed by atoms with Gasteiger partial charge in [0, 0.05) is 13.1 Å². The number of carbonyl (C=O) groups excluding carboxylic acids is 1. The van der Waals surface area contributed by atoms with E-state index in [1.807, 2.05) is 42.5 Å². The first-order valence-corrected chi connectivity index (χ1v) is 5.18. The number of hydrogen-bond donors (Lipinski definition) is 1. The number of hydrogen-bond acceptors (Lipinski definition) is 2. The zero-order valence-corrected chi connectivity index (χ0v) is 9.13. The summed E-state index contributed by atoms with van der Waals surface area (Å²) < 4.78 is 0. The maximum absolute atomic E-state index is 11.4. The lowest BCUT2D eigenvalue weighted by molar-refractivity contribution is -0.127. The topological polar surface area (TPSA) is 46.3 Å². The number of nitrogens with zero attached hydrogens (tertiary/aromatic N) is 1. The Bertz CT molecular complexity index is 448. The molecule has 0 radical (unpaired) electrons. The van der Waals surface area contributed by atoms with Crippen LogP contribution >= 0.6 is 0 Å². The standard InChI is InChI=1S/C13H14N2O/c1-10(16)15-9-12(7-8-13(15)14)11-5-3-2-4-6-11/h2-9,13H,14H2,1H3. The highest BCUT2D eigenvalue weighted by Crippen LogP contribution is 2.21. The first kappa shape index (κ1) is 10.6. The third kappa shape index (κ3) is 2.04. The van der Waals surface area contributed by atoms with E-state index >= 15 is 0 Å². The van der Waals surface area contributed by atoms with E-state index in [2.05, 4.69) is 0 Å². The van der Waals surface area contributed by atoms with Crippen LogP contribution in [0.2, 0.25) is 0 Å². The second kappa shape index (κ2) is 4.33. The van der Waals surface area contributed by atoms with Gasteiger partial charge in [-0.05, 0) is 17.2 Å². The normalized spacial score (nSPS) is 19.5. The number of carbonyl (C=O) groups is 1. The molecule has 1 heterocycles. The van der Waals surface area contributed by atoms with E-state index in [0.717, 1.165) is 11.1 Å². The van der Waals surface area contributed by atoms with Crippen LogP contribution in [0.1, 0.15) is 12.5 Å². The Kier molecular flexibility index (Phi) is 2.88. The van der Waals surface area contributed by atoms with Gasteiger partial charge in [-0.1, -0.05) is 36.4 Å². The molecule has 0 aliphatic carbocycles. The fourth-order valence-electron chi connectivity index (χ4n) is 1.68. The van der Waals surface area contributed by atoms with Crippen molar-refractivity contribution in [3.63, 3.8) is 0 Å². The zero-order chi connectivity index (χ0) is 11.5. The highest BCUT2D eigenvalue weighted by Gasteiger charge is 2.16. The summed E-state index contributed by atoms with van der Waals surface area (Å²) in [6, 6.07) is 9.91. The smallest absolute Gasteiger partial charge is 0.224 e. The summed E-state index contributed by atoms with van der Waals surface area (Å²) in [7, 11) is 0. The molecule has 2 rings (SSSR count). The van der Waals surface area contributed by atoms with Crippen LogP contribution in [0.4, 0.5) is 0 Å². The molecule has 0 saturated heterocycles. The Labute approximate surface area is 94.9 Å². The molecular weight excluding hydrogens is 200 g/mol. The molecule has 3 nitrogen and oxygen atoms in total. The Morgan fingerprint density at radius 3 is 2.62 bits per heavy atom. The minimum Gasteiger partial charge on any atom is -0.308 e. The average molecular weight is 214 g/mol. The second-order valence-corrected chi connectivity index (χ2v) is 3.73. The van der Waals surface area contributed by atoms with Crippen molar-refractivity contribution in [1.82, 2.24) is 4.90 Å². The molecule has 0 saturated carbocycles. The molecule has 1 unspecified atom stereocenters. The predicted octanol–water partition coefficient (Wildman–Crippen LogP) is 1.73. The van der Waals surface area contributed by atoms with Gasteiger partial charge in [0.1, 0.15) is 6.17 Å². The number of amides is 1. The van der Waals surface area contributed by atoms with Crippen LogP contribution in [0.3, 0.4) is 0 Å². The van der Waals surface area contributed by atoms with E-state index in [9.17, 15) is 4.79 Å². The third-order valence-corrected chi connectivity index (χ3v) is 2.54. The van der Waals surface area contributed by atoms with Crippen molar-refractivity contribution in [3.05, 3.63) is 54.2 Å². The van der Waals surface area contributed by atoms with Crippen LogP contribution < -0.4 is 5.73 Å². The van der Waals surface area contributed by atoms with Crippen molar-refractivity contribution < 1.29 is 4.79 Å². The third-order valence-electron chi connectivity index (χ3n) is 2.54. The molecule has 1 atom stereocenters. The molecular formula is C13H14N2O. The number of rotatable bonds is 1. The summed E-state index contributed by atoms with van der Waals surface area (Å²) in [5.41, 5.74) is 7.87. The Morgan fingerprint density at radius 1 is 1.31 bits per heavy atom. The summed E-state index contributed by atoms with van der Waals surface area (Å²) in [4.78, 5) is 12.9. The van der Waals surface area contributed by atoms with Crippen molar-refractivity contribution in [2.45, 2.75) is 13.1 Å². The molecule has 0 fully saturated rings. The van der Waals surface area contributed by atoms with Crippen molar-refractivity contribution in [2.75, 3.05) is 0 Å². The number of allylic oxidation sites excluding steroid dienone is 2. The molecule has 1 aromatic rings. The molecule has 1 aromatic carbocycles. The highest BCUT2D eigenvalue weighted by atomic mass is 16.2. The minimum atomic E-state index is -0.357. The fraction of sp³-hybridized carbons (Fsp3) is 0.154. The van der Waals surface area contributed by atoms with Crippen LogP contribution in [-0.4, -0.2) is 17.0 Å². The van der Waals surface area contributed by atoms with Gasteiger partial charge < -0.3 is 5.73 Å². The van der Waals surface area contributed by atoms with Gasteiger partial charge in [0.2, 0.25) is 5.91 Å². The van der Waals surface area contributed by atoms with E-state index < -0.39 is 0 Å². The van der Waals surface area contributed by atoms with E-state index in [1.165, 1.54) is 11.8 Å². The van der Waals surface area contributed by atoms with E-state index in [1.54, 1.807) is 6.20 Å². The van der Waals surface area contributed by atoms with Crippen LogP contribution in [0, 0.1) is 0 Å². The first-order valence-electron chi connectivity index (χ1n) is 5.18. The SMILES string of the molecule is CC(=O)N1C=C(c2ccccc2)C=CC1N. The van der Waals surface area contributed by atoms with Crippen LogP contribution in [-0.2, 0) is 4.79 Å². The molecule has 82 valence electrons. The maximum atomic E-state index is 11.4. The molecule has 0 spiro atoms. The molecule has 1 aliphatic heterocycles. The van der Waals surface area contributed by atoms with Crippen LogP contribution in [0.5, 0.6) is 0 Å². The van der Waals surface area contributed by atoms with Gasteiger partial charge in [-0.2, -0.15) is 0 Å². The van der Waals surface area contributed by atoms with Crippen molar-refractivity contribution in [2.24, 2.45) is 5.73 Å². The minimum absolute atomic E-state index is 0.0507. The van der Waals surface area contributed by atoms with E-state index in [4.69, 9.17) is 5.73 Å². The average Bonchev–Trinajstić information content (AvgIpc) is 2.30. The molecule has 1 amide bonds. The Hall–Kier alpha value is -1.87. The predicted molar refractivity (Wildman–Crippen MR) is 64.1 cm³/mol. The molecule has 16 heavy (non-hydrogen) atoms. The van der Waals surface area contributed by atoms with Gasteiger partial charge in [-0.15, -0.1) is 0 Å². The van der Waals surface area contributed by atoms with Gasteiger partial charge in [0.05, 0.1) is 0 Å². The lowest BCUT2D eigenvalue weighted by Gasteiger charge is -2.26. The summed E-state index contributed by atoms with van der Waals surface area (Å²) in [6.45, 7) is 1.51. The van der Waals surface area contributed by atoms with Crippen LogP contribution in [0.25, 0.3) is 5.57 Å². The maximum Gasteiger partial charge on any atom is 0.224 e. The molecule has 1 aliphatic rings. The molecule has 3 heteroatoms. The second-order valence-electron chi connectivity index (χ2n) is 3.73. The number of nitrogens with two attached hydrogens (primary N) is 1.